The van der Waals surface area contributed by atoms with Gasteiger partial charge in [-0.1, -0.05) is 0 Å². The van der Waals surface area contributed by atoms with E-state index in [1.165, 1.54) is 12.0 Å². The first-order chi connectivity index (χ1) is 14.4. The number of methoxy groups -OCH3 is 2. The molecular formula is C20H23N5O5. The van der Waals surface area contributed by atoms with Gasteiger partial charge in [0.2, 0.25) is 5.96 Å². The SMILES string of the molecule is COC(=O)CCN1C(=O)C2C(N=C3N(c4ccc(OC)cc4)C(C)=CN32)N(C)C1=O. The van der Waals surface area contributed by atoms with E-state index < -0.39 is 24.2 Å². The molecule has 30 heavy (non-hydrogen) atoms. The molecule has 10 nitrogen and oxygen atoms in total. The fourth-order valence-corrected chi connectivity index (χ4v) is 3.92. The van der Waals surface area contributed by atoms with Crippen molar-refractivity contribution >= 4 is 29.6 Å². The van der Waals surface area contributed by atoms with Crippen LogP contribution in [0.4, 0.5) is 10.5 Å². The first-order valence-corrected chi connectivity index (χ1v) is 9.51. The molecule has 1 aromatic carbocycles. The second-order valence-corrected chi connectivity index (χ2v) is 7.21. The molecule has 3 aliphatic rings. The zero-order valence-corrected chi connectivity index (χ0v) is 17.2. The van der Waals surface area contributed by atoms with Crippen LogP contribution in [0.25, 0.3) is 0 Å². The number of hydrogen-bond donors (Lipinski definition) is 0. The van der Waals surface area contributed by atoms with Gasteiger partial charge in [-0.3, -0.25) is 19.4 Å². The number of carbonyl (C=O) groups excluding carboxylic acids is 3. The number of likely N-dealkylation sites (N-methyl/N-ethyl adjacent to an activating group) is 1. The van der Waals surface area contributed by atoms with E-state index in [1.807, 2.05) is 42.3 Å². The van der Waals surface area contributed by atoms with Gasteiger partial charge in [0, 0.05) is 31.2 Å². The lowest BCUT2D eigenvalue weighted by molar-refractivity contribution is -0.142. The van der Waals surface area contributed by atoms with Crippen LogP contribution in [0.15, 0.2) is 41.2 Å². The minimum Gasteiger partial charge on any atom is -0.497 e. The maximum atomic E-state index is 13.2. The normalized spacial score (nSPS) is 22.7. The number of urea groups is 1. The lowest BCUT2D eigenvalue weighted by Gasteiger charge is -2.40. The Balaban J connectivity index is 1.62. The third kappa shape index (κ3) is 2.95. The van der Waals surface area contributed by atoms with Gasteiger partial charge in [0.25, 0.3) is 5.91 Å². The molecule has 3 amide bonds. The van der Waals surface area contributed by atoms with Gasteiger partial charge in [-0.25, -0.2) is 9.79 Å². The van der Waals surface area contributed by atoms with E-state index in [2.05, 4.69) is 4.74 Å². The Morgan fingerprint density at radius 2 is 1.87 bits per heavy atom. The summed E-state index contributed by atoms with van der Waals surface area (Å²) in [5, 5.41) is 0. The van der Waals surface area contributed by atoms with E-state index in [9.17, 15) is 14.4 Å². The molecule has 0 N–H and O–H groups in total. The monoisotopic (exact) mass is 413 g/mol. The Kier molecular flexibility index (Phi) is 4.84. The van der Waals surface area contributed by atoms with Crippen LogP contribution in [0.2, 0.25) is 0 Å². The van der Waals surface area contributed by atoms with Gasteiger partial charge in [0.15, 0.2) is 12.2 Å². The standard InChI is InChI=1S/C20H23N5O5/c1-12-11-24-16-17(21-19(24)25(12)13-5-7-14(29-3)8-6-13)22(2)20(28)23(18(16)27)10-9-15(26)30-4/h5-8,11,16-17H,9-10H2,1-4H3. The summed E-state index contributed by atoms with van der Waals surface area (Å²) in [5.74, 6) is 0.452. The predicted octanol–water partition coefficient (Wildman–Crippen LogP) is 1.20. The molecule has 0 aliphatic carbocycles. The summed E-state index contributed by atoms with van der Waals surface area (Å²) in [6.45, 7) is 1.89. The van der Waals surface area contributed by atoms with E-state index >= 15 is 0 Å². The summed E-state index contributed by atoms with van der Waals surface area (Å²) < 4.78 is 9.85. The minimum atomic E-state index is -0.682. The van der Waals surface area contributed by atoms with E-state index in [1.54, 1.807) is 19.1 Å². The van der Waals surface area contributed by atoms with Gasteiger partial charge in [-0.2, -0.15) is 0 Å². The summed E-state index contributed by atoms with van der Waals surface area (Å²) in [6, 6.07) is 6.35. The molecule has 1 aromatic rings. The quantitative estimate of drug-likeness (QED) is 0.670. The largest absolute Gasteiger partial charge is 0.497 e. The summed E-state index contributed by atoms with van der Waals surface area (Å²) in [7, 11) is 4.49. The molecule has 3 aliphatic heterocycles. The molecule has 2 unspecified atom stereocenters. The number of benzene rings is 1. The predicted molar refractivity (Wildman–Crippen MR) is 108 cm³/mol. The Morgan fingerprint density at radius 1 is 1.17 bits per heavy atom. The number of imide groups is 1. The van der Waals surface area contributed by atoms with Crippen molar-refractivity contribution in [2.45, 2.75) is 25.6 Å². The molecule has 158 valence electrons. The van der Waals surface area contributed by atoms with Crippen molar-refractivity contribution in [3.63, 3.8) is 0 Å². The van der Waals surface area contributed by atoms with Gasteiger partial charge in [-0.15, -0.1) is 0 Å². The number of hydrogen-bond acceptors (Lipinski definition) is 8. The summed E-state index contributed by atoms with van der Waals surface area (Å²) in [4.78, 5) is 48.4. The molecule has 1 fully saturated rings. The van der Waals surface area contributed by atoms with E-state index in [-0.39, 0.29) is 18.9 Å². The first-order valence-electron chi connectivity index (χ1n) is 9.51. The highest BCUT2D eigenvalue weighted by molar-refractivity contribution is 6.10. The highest BCUT2D eigenvalue weighted by Crippen LogP contribution is 2.36. The molecule has 0 saturated carbocycles. The fourth-order valence-electron chi connectivity index (χ4n) is 3.92. The topological polar surface area (TPSA) is 95.0 Å². The lowest BCUT2D eigenvalue weighted by atomic mass is 10.1. The Hall–Kier alpha value is -3.56. The second-order valence-electron chi connectivity index (χ2n) is 7.21. The Morgan fingerprint density at radius 3 is 2.50 bits per heavy atom. The van der Waals surface area contributed by atoms with Crippen LogP contribution in [-0.4, -0.2) is 78.6 Å². The maximum Gasteiger partial charge on any atom is 0.328 e. The van der Waals surface area contributed by atoms with Crippen LogP contribution in [-0.2, 0) is 14.3 Å². The Labute approximate surface area is 173 Å². The number of fused-ring (bicyclic) bond motifs is 3. The minimum absolute atomic E-state index is 0.0358. The van der Waals surface area contributed by atoms with Crippen molar-refractivity contribution in [1.29, 1.82) is 0 Å². The molecule has 0 radical (unpaired) electrons. The average Bonchev–Trinajstić information content (AvgIpc) is 3.26. The number of carbonyl (C=O) groups is 3. The number of rotatable bonds is 5. The van der Waals surface area contributed by atoms with Crippen molar-refractivity contribution in [2.75, 3.05) is 32.7 Å². The average molecular weight is 413 g/mol. The Bertz CT molecular complexity index is 957. The second kappa shape index (κ2) is 7.36. The van der Waals surface area contributed by atoms with Crippen molar-refractivity contribution < 1.29 is 23.9 Å². The van der Waals surface area contributed by atoms with E-state index in [0.717, 1.165) is 22.0 Å². The zero-order valence-electron chi connectivity index (χ0n) is 17.2. The van der Waals surface area contributed by atoms with E-state index in [4.69, 9.17) is 9.73 Å². The van der Waals surface area contributed by atoms with Crippen molar-refractivity contribution in [3.8, 4) is 5.75 Å². The van der Waals surface area contributed by atoms with Gasteiger partial charge in [0.05, 0.1) is 20.6 Å². The highest BCUT2D eigenvalue weighted by Gasteiger charge is 2.54. The maximum absolute atomic E-state index is 13.2. The van der Waals surface area contributed by atoms with Crippen LogP contribution in [0.5, 0.6) is 5.75 Å². The summed E-state index contributed by atoms with van der Waals surface area (Å²) in [6.07, 6.45) is 1.16. The van der Waals surface area contributed by atoms with Gasteiger partial charge >= 0.3 is 12.0 Å². The smallest absolute Gasteiger partial charge is 0.328 e. The third-order valence-electron chi connectivity index (χ3n) is 5.49. The third-order valence-corrected chi connectivity index (χ3v) is 5.49. The number of ether oxygens (including phenoxy) is 2. The van der Waals surface area contributed by atoms with Crippen molar-refractivity contribution in [2.24, 2.45) is 4.99 Å². The van der Waals surface area contributed by atoms with Gasteiger partial charge in [0.1, 0.15) is 5.75 Å². The highest BCUT2D eigenvalue weighted by atomic mass is 16.5. The number of aliphatic imine (C=N–C) groups is 1. The summed E-state index contributed by atoms with van der Waals surface area (Å²) in [5.41, 5.74) is 1.76. The molecule has 0 spiro atoms. The lowest BCUT2D eigenvalue weighted by Crippen LogP contribution is -2.64. The molecule has 0 bridgehead atoms. The number of esters is 1. The number of amides is 3. The molecule has 2 atom stereocenters. The van der Waals surface area contributed by atoms with Gasteiger partial charge in [-0.05, 0) is 31.2 Å². The van der Waals surface area contributed by atoms with Crippen LogP contribution in [0.3, 0.4) is 0 Å². The molecule has 1 saturated heterocycles. The molecule has 10 heteroatoms. The van der Waals surface area contributed by atoms with Crippen LogP contribution in [0.1, 0.15) is 13.3 Å². The molecule has 4 rings (SSSR count). The molecular weight excluding hydrogens is 390 g/mol. The zero-order chi connectivity index (χ0) is 21.6. The molecule has 0 aromatic heterocycles. The van der Waals surface area contributed by atoms with Crippen LogP contribution in [0, 0.1) is 0 Å². The van der Waals surface area contributed by atoms with Crippen molar-refractivity contribution in [1.82, 2.24) is 14.7 Å². The van der Waals surface area contributed by atoms with Crippen LogP contribution < -0.4 is 9.64 Å². The van der Waals surface area contributed by atoms with Crippen LogP contribution >= 0.6 is 0 Å². The summed E-state index contributed by atoms with van der Waals surface area (Å²) >= 11 is 0. The van der Waals surface area contributed by atoms with Gasteiger partial charge < -0.3 is 19.3 Å². The number of nitrogens with zero attached hydrogens (tertiary/aromatic N) is 5. The number of guanidine groups is 1. The fraction of sp³-hybridized carbons (Fsp3) is 0.400. The first kappa shape index (κ1) is 19.7. The van der Waals surface area contributed by atoms with E-state index in [0.29, 0.717) is 5.96 Å². The van der Waals surface area contributed by atoms with Crippen molar-refractivity contribution in [3.05, 3.63) is 36.2 Å². The number of anilines is 1. The molecule has 3 heterocycles. The number of allylic oxidation sites excluding steroid dienone is 1.